The molecule has 1 aliphatic rings. The number of likely N-dealkylation sites (N-methyl/N-ethyl adjacent to an activating group) is 1. The summed E-state index contributed by atoms with van der Waals surface area (Å²) in [6, 6.07) is 1.59. The Morgan fingerprint density at radius 2 is 2.13 bits per heavy atom. The molecule has 2 atom stereocenters. The number of likely N-dealkylation sites (tertiary alicyclic amines) is 1. The van der Waals surface area contributed by atoms with Crippen molar-refractivity contribution in [2.75, 3.05) is 20.1 Å². The molecule has 0 amide bonds. The van der Waals surface area contributed by atoms with Crippen molar-refractivity contribution in [3.8, 4) is 0 Å². The van der Waals surface area contributed by atoms with Gasteiger partial charge in [-0.1, -0.05) is 27.2 Å². The molecule has 0 aliphatic carbocycles. The summed E-state index contributed by atoms with van der Waals surface area (Å²) in [6.07, 6.45) is 5.44. The van der Waals surface area contributed by atoms with E-state index in [9.17, 15) is 0 Å². The second-order valence-corrected chi connectivity index (χ2v) is 5.19. The van der Waals surface area contributed by atoms with Gasteiger partial charge in [0.2, 0.25) is 0 Å². The summed E-state index contributed by atoms with van der Waals surface area (Å²) < 4.78 is 0. The maximum atomic E-state index is 3.35. The molecule has 1 saturated heterocycles. The van der Waals surface area contributed by atoms with Gasteiger partial charge < -0.3 is 5.32 Å². The molecule has 2 heteroatoms. The van der Waals surface area contributed by atoms with Crippen molar-refractivity contribution in [2.45, 2.75) is 58.5 Å². The monoisotopic (exact) mass is 212 g/mol. The van der Waals surface area contributed by atoms with Gasteiger partial charge in [0.25, 0.3) is 0 Å². The van der Waals surface area contributed by atoms with Crippen LogP contribution in [0.5, 0.6) is 0 Å². The SMILES string of the molecule is CCCC(CNC)N1CCCC1C(C)C. The van der Waals surface area contributed by atoms with E-state index in [0.717, 1.165) is 24.5 Å². The average Bonchev–Trinajstić information content (AvgIpc) is 2.65. The minimum atomic E-state index is 0.759. The second-order valence-electron chi connectivity index (χ2n) is 5.19. The third-order valence-electron chi connectivity index (χ3n) is 3.64. The molecule has 1 heterocycles. The molecule has 0 radical (unpaired) electrons. The molecule has 90 valence electrons. The van der Waals surface area contributed by atoms with E-state index in [2.05, 4.69) is 38.0 Å². The largest absolute Gasteiger partial charge is 0.318 e. The molecule has 1 N–H and O–H groups in total. The summed E-state index contributed by atoms with van der Waals surface area (Å²) in [6.45, 7) is 9.49. The van der Waals surface area contributed by atoms with Crippen molar-refractivity contribution in [2.24, 2.45) is 5.92 Å². The molecule has 0 spiro atoms. The van der Waals surface area contributed by atoms with Crippen LogP contribution in [0, 0.1) is 5.92 Å². The van der Waals surface area contributed by atoms with Crippen LogP contribution in [0.25, 0.3) is 0 Å². The van der Waals surface area contributed by atoms with Crippen LogP contribution in [-0.2, 0) is 0 Å². The highest BCUT2D eigenvalue weighted by Crippen LogP contribution is 2.27. The van der Waals surface area contributed by atoms with Gasteiger partial charge in [0, 0.05) is 18.6 Å². The Balaban J connectivity index is 2.56. The zero-order valence-corrected chi connectivity index (χ0v) is 10.9. The first kappa shape index (κ1) is 13.0. The first-order chi connectivity index (χ1) is 7.20. The van der Waals surface area contributed by atoms with Crippen molar-refractivity contribution >= 4 is 0 Å². The van der Waals surface area contributed by atoms with Crippen LogP contribution < -0.4 is 5.32 Å². The molecule has 15 heavy (non-hydrogen) atoms. The molecule has 2 nitrogen and oxygen atoms in total. The summed E-state index contributed by atoms with van der Waals surface area (Å²) in [4.78, 5) is 2.75. The molecule has 0 bridgehead atoms. The first-order valence-corrected chi connectivity index (χ1v) is 6.61. The molecular formula is C13H28N2. The summed E-state index contributed by atoms with van der Waals surface area (Å²) in [5.41, 5.74) is 0. The van der Waals surface area contributed by atoms with E-state index >= 15 is 0 Å². The number of nitrogens with one attached hydrogen (secondary N) is 1. The van der Waals surface area contributed by atoms with Crippen LogP contribution in [0.3, 0.4) is 0 Å². The van der Waals surface area contributed by atoms with E-state index in [1.807, 2.05) is 0 Å². The third-order valence-corrected chi connectivity index (χ3v) is 3.64. The van der Waals surface area contributed by atoms with Gasteiger partial charge in [0.15, 0.2) is 0 Å². The molecule has 1 aliphatic heterocycles. The van der Waals surface area contributed by atoms with Gasteiger partial charge in [-0.2, -0.15) is 0 Å². The molecule has 0 aromatic carbocycles. The van der Waals surface area contributed by atoms with Gasteiger partial charge >= 0.3 is 0 Å². The minimum Gasteiger partial charge on any atom is -0.318 e. The molecule has 0 aromatic rings. The first-order valence-electron chi connectivity index (χ1n) is 6.61. The quantitative estimate of drug-likeness (QED) is 0.728. The zero-order valence-electron chi connectivity index (χ0n) is 10.9. The van der Waals surface area contributed by atoms with Gasteiger partial charge in [0.05, 0.1) is 0 Å². The lowest BCUT2D eigenvalue weighted by Crippen LogP contribution is -2.46. The van der Waals surface area contributed by atoms with Crippen LogP contribution in [0.2, 0.25) is 0 Å². The Bertz CT molecular complexity index is 162. The number of hydrogen-bond acceptors (Lipinski definition) is 2. The van der Waals surface area contributed by atoms with E-state index in [4.69, 9.17) is 0 Å². The highest BCUT2D eigenvalue weighted by atomic mass is 15.2. The van der Waals surface area contributed by atoms with Gasteiger partial charge in [-0.15, -0.1) is 0 Å². The summed E-state index contributed by atoms with van der Waals surface area (Å²) in [7, 11) is 2.07. The maximum absolute atomic E-state index is 3.35. The van der Waals surface area contributed by atoms with E-state index in [-0.39, 0.29) is 0 Å². The molecule has 1 rings (SSSR count). The van der Waals surface area contributed by atoms with Crippen molar-refractivity contribution in [1.29, 1.82) is 0 Å². The molecule has 0 saturated carbocycles. The molecule has 0 aromatic heterocycles. The topological polar surface area (TPSA) is 15.3 Å². The van der Waals surface area contributed by atoms with Gasteiger partial charge in [-0.3, -0.25) is 4.90 Å². The molecule has 1 fully saturated rings. The Labute approximate surface area is 95.4 Å². The predicted octanol–water partition coefficient (Wildman–Crippen LogP) is 2.49. The summed E-state index contributed by atoms with van der Waals surface area (Å²) in [5.74, 6) is 0.809. The number of hydrogen-bond donors (Lipinski definition) is 1. The van der Waals surface area contributed by atoms with E-state index < -0.39 is 0 Å². The second kappa shape index (κ2) is 6.49. The third kappa shape index (κ3) is 3.46. The Hall–Kier alpha value is -0.0800. The van der Waals surface area contributed by atoms with Crippen LogP contribution in [0.1, 0.15) is 46.5 Å². The Morgan fingerprint density at radius 3 is 2.67 bits per heavy atom. The minimum absolute atomic E-state index is 0.759. The lowest BCUT2D eigenvalue weighted by Gasteiger charge is -2.35. The Kier molecular flexibility index (Phi) is 5.62. The summed E-state index contributed by atoms with van der Waals surface area (Å²) >= 11 is 0. The van der Waals surface area contributed by atoms with Crippen LogP contribution in [0.4, 0.5) is 0 Å². The maximum Gasteiger partial charge on any atom is 0.0223 e. The van der Waals surface area contributed by atoms with E-state index in [0.29, 0.717) is 0 Å². The van der Waals surface area contributed by atoms with E-state index in [1.165, 1.54) is 32.2 Å². The highest BCUT2D eigenvalue weighted by molar-refractivity contribution is 4.87. The van der Waals surface area contributed by atoms with E-state index in [1.54, 1.807) is 0 Å². The van der Waals surface area contributed by atoms with Gasteiger partial charge in [-0.05, 0) is 38.8 Å². The fourth-order valence-corrected chi connectivity index (χ4v) is 2.94. The molecule has 2 unspecified atom stereocenters. The van der Waals surface area contributed by atoms with Crippen molar-refractivity contribution in [1.82, 2.24) is 10.2 Å². The van der Waals surface area contributed by atoms with Crippen LogP contribution in [-0.4, -0.2) is 37.1 Å². The fraction of sp³-hybridized carbons (Fsp3) is 1.00. The van der Waals surface area contributed by atoms with Gasteiger partial charge in [-0.25, -0.2) is 0 Å². The lowest BCUT2D eigenvalue weighted by molar-refractivity contribution is 0.137. The molecular weight excluding hydrogens is 184 g/mol. The average molecular weight is 212 g/mol. The number of rotatable bonds is 6. The lowest BCUT2D eigenvalue weighted by atomic mass is 9.99. The fourth-order valence-electron chi connectivity index (χ4n) is 2.94. The van der Waals surface area contributed by atoms with Crippen molar-refractivity contribution in [3.63, 3.8) is 0 Å². The van der Waals surface area contributed by atoms with Gasteiger partial charge in [0.1, 0.15) is 0 Å². The number of nitrogens with zero attached hydrogens (tertiary/aromatic N) is 1. The van der Waals surface area contributed by atoms with Crippen molar-refractivity contribution < 1.29 is 0 Å². The highest BCUT2D eigenvalue weighted by Gasteiger charge is 2.31. The Morgan fingerprint density at radius 1 is 1.40 bits per heavy atom. The normalized spacial score (nSPS) is 25.0. The zero-order chi connectivity index (χ0) is 11.3. The standard InChI is InChI=1S/C13H28N2/c1-5-7-12(10-14-4)15-9-6-8-13(15)11(2)3/h11-14H,5-10H2,1-4H3. The summed E-state index contributed by atoms with van der Waals surface area (Å²) in [5, 5.41) is 3.35. The predicted molar refractivity (Wildman–Crippen MR) is 67.2 cm³/mol. The van der Waals surface area contributed by atoms with Crippen LogP contribution in [0.15, 0.2) is 0 Å². The van der Waals surface area contributed by atoms with Crippen LogP contribution >= 0.6 is 0 Å². The van der Waals surface area contributed by atoms with Crippen molar-refractivity contribution in [3.05, 3.63) is 0 Å². The smallest absolute Gasteiger partial charge is 0.0223 e.